The van der Waals surface area contributed by atoms with Crippen LogP contribution in [0.15, 0.2) is 60.2 Å². The second-order valence-corrected chi connectivity index (χ2v) is 7.59. The van der Waals surface area contributed by atoms with Crippen molar-refractivity contribution >= 4 is 17.4 Å². The van der Waals surface area contributed by atoms with Crippen molar-refractivity contribution in [3.63, 3.8) is 0 Å². The fourth-order valence-corrected chi connectivity index (χ4v) is 4.09. The topological polar surface area (TPSA) is 79.3 Å². The minimum absolute atomic E-state index is 0.103. The van der Waals surface area contributed by atoms with Crippen molar-refractivity contribution in [2.24, 2.45) is 0 Å². The van der Waals surface area contributed by atoms with E-state index < -0.39 is 17.7 Å². The smallest absolute Gasteiger partial charge is 0.295 e. The van der Waals surface area contributed by atoms with E-state index in [4.69, 9.17) is 9.47 Å². The summed E-state index contributed by atoms with van der Waals surface area (Å²) >= 11 is 0. The Balaban J connectivity index is 1.74. The first kappa shape index (κ1) is 21.1. The predicted octanol–water partition coefficient (Wildman–Crippen LogP) is 2.45. The van der Waals surface area contributed by atoms with Gasteiger partial charge in [-0.1, -0.05) is 42.5 Å². The van der Waals surface area contributed by atoms with Crippen molar-refractivity contribution in [2.75, 3.05) is 46.5 Å². The Labute approximate surface area is 181 Å². The number of morpholine rings is 1. The van der Waals surface area contributed by atoms with Gasteiger partial charge in [0, 0.05) is 31.7 Å². The van der Waals surface area contributed by atoms with Crippen LogP contribution in [0.4, 0.5) is 0 Å². The summed E-state index contributed by atoms with van der Waals surface area (Å²) in [6.07, 6.45) is 0. The van der Waals surface area contributed by atoms with Crippen molar-refractivity contribution < 1.29 is 24.2 Å². The Morgan fingerprint density at radius 3 is 2.52 bits per heavy atom. The van der Waals surface area contributed by atoms with Crippen molar-refractivity contribution in [1.82, 2.24) is 9.80 Å². The van der Waals surface area contributed by atoms with E-state index in [1.54, 1.807) is 48.4 Å². The summed E-state index contributed by atoms with van der Waals surface area (Å²) in [5, 5.41) is 11.0. The number of nitrogens with zero attached hydrogens (tertiary/aromatic N) is 2. The molecular formula is C24H26N2O5. The summed E-state index contributed by atoms with van der Waals surface area (Å²) in [5.74, 6) is -0.814. The number of aliphatic hydroxyl groups is 1. The normalized spacial score (nSPS) is 21.5. The Kier molecular flexibility index (Phi) is 6.34. The molecule has 2 saturated heterocycles. The Hall–Kier alpha value is -3.16. The molecule has 2 aromatic carbocycles. The zero-order valence-electron chi connectivity index (χ0n) is 17.5. The first-order valence-electron chi connectivity index (χ1n) is 10.4. The van der Waals surface area contributed by atoms with Gasteiger partial charge in [0.2, 0.25) is 0 Å². The number of benzene rings is 2. The third kappa shape index (κ3) is 4.33. The first-order chi connectivity index (χ1) is 15.1. The van der Waals surface area contributed by atoms with E-state index in [0.29, 0.717) is 37.6 Å². The van der Waals surface area contributed by atoms with Crippen LogP contribution in [0.5, 0.6) is 5.75 Å². The van der Waals surface area contributed by atoms with Gasteiger partial charge >= 0.3 is 0 Å². The molecule has 0 spiro atoms. The van der Waals surface area contributed by atoms with Gasteiger partial charge in [-0.15, -0.1) is 0 Å². The first-order valence-corrected chi connectivity index (χ1v) is 10.4. The number of rotatable bonds is 6. The van der Waals surface area contributed by atoms with Crippen LogP contribution >= 0.6 is 0 Å². The quantitative estimate of drug-likeness (QED) is 0.438. The van der Waals surface area contributed by atoms with Gasteiger partial charge in [0.25, 0.3) is 11.7 Å². The zero-order chi connectivity index (χ0) is 21.8. The number of likely N-dealkylation sites (tertiary alicyclic amines) is 1. The van der Waals surface area contributed by atoms with E-state index in [1.165, 1.54) is 0 Å². The largest absolute Gasteiger partial charge is 0.507 e. The predicted molar refractivity (Wildman–Crippen MR) is 116 cm³/mol. The summed E-state index contributed by atoms with van der Waals surface area (Å²) in [6, 6.07) is 15.4. The molecule has 2 aliphatic rings. The van der Waals surface area contributed by atoms with E-state index >= 15 is 0 Å². The fraction of sp³-hybridized carbons (Fsp3) is 0.333. The number of hydrogen-bond donors (Lipinski definition) is 1. The number of ketones is 1. The third-order valence-corrected chi connectivity index (χ3v) is 5.76. The molecule has 31 heavy (non-hydrogen) atoms. The molecule has 0 bridgehead atoms. The number of carbonyl (C=O) groups is 2. The average molecular weight is 422 g/mol. The fourth-order valence-electron chi connectivity index (χ4n) is 4.09. The van der Waals surface area contributed by atoms with Crippen LogP contribution in [0.3, 0.4) is 0 Å². The van der Waals surface area contributed by atoms with Crippen molar-refractivity contribution in [1.29, 1.82) is 0 Å². The monoisotopic (exact) mass is 422 g/mol. The van der Waals surface area contributed by atoms with Crippen LogP contribution in [0.1, 0.15) is 17.2 Å². The van der Waals surface area contributed by atoms with Crippen LogP contribution in [0.2, 0.25) is 0 Å². The van der Waals surface area contributed by atoms with Gasteiger partial charge in [0.05, 0.1) is 31.9 Å². The number of methoxy groups -OCH3 is 1. The number of hydrogen-bond acceptors (Lipinski definition) is 6. The van der Waals surface area contributed by atoms with E-state index in [-0.39, 0.29) is 11.3 Å². The Morgan fingerprint density at radius 2 is 1.81 bits per heavy atom. The van der Waals surface area contributed by atoms with Crippen molar-refractivity contribution in [3.8, 4) is 5.75 Å². The Bertz CT molecular complexity index is 982. The summed E-state index contributed by atoms with van der Waals surface area (Å²) in [5.41, 5.74) is 1.33. The third-order valence-electron chi connectivity index (χ3n) is 5.76. The maximum Gasteiger partial charge on any atom is 0.295 e. The number of Topliss-reactive ketones (excluding diaryl/α,β-unsaturated/α-hetero) is 1. The molecule has 2 fully saturated rings. The number of amides is 1. The van der Waals surface area contributed by atoms with Crippen molar-refractivity contribution in [2.45, 2.75) is 6.04 Å². The second-order valence-electron chi connectivity index (χ2n) is 7.59. The molecule has 7 nitrogen and oxygen atoms in total. The highest BCUT2D eigenvalue weighted by Crippen LogP contribution is 2.40. The zero-order valence-corrected chi connectivity index (χ0v) is 17.5. The van der Waals surface area contributed by atoms with E-state index in [9.17, 15) is 14.7 Å². The highest BCUT2D eigenvalue weighted by Gasteiger charge is 2.46. The van der Waals surface area contributed by atoms with Crippen molar-refractivity contribution in [3.05, 3.63) is 71.3 Å². The second kappa shape index (κ2) is 9.32. The number of aliphatic hydroxyl groups excluding tert-OH is 1. The van der Waals surface area contributed by atoms with Crippen LogP contribution in [-0.2, 0) is 14.3 Å². The lowest BCUT2D eigenvalue weighted by atomic mass is 9.95. The molecular weight excluding hydrogens is 396 g/mol. The summed E-state index contributed by atoms with van der Waals surface area (Å²) < 4.78 is 10.7. The maximum absolute atomic E-state index is 13.0. The maximum atomic E-state index is 13.0. The molecule has 0 radical (unpaired) electrons. The molecule has 7 heteroatoms. The average Bonchev–Trinajstić information content (AvgIpc) is 3.08. The van der Waals surface area contributed by atoms with Crippen LogP contribution < -0.4 is 4.74 Å². The lowest BCUT2D eigenvalue weighted by Gasteiger charge is -2.31. The van der Waals surface area contributed by atoms with E-state index in [0.717, 1.165) is 18.7 Å². The van der Waals surface area contributed by atoms with Gasteiger partial charge in [-0.2, -0.15) is 0 Å². The lowest BCUT2D eigenvalue weighted by molar-refractivity contribution is -0.140. The highest BCUT2D eigenvalue weighted by molar-refractivity contribution is 6.46. The SMILES string of the molecule is COc1cccc([C@H]2/C(=C(\O)c3ccccc3)C(=O)C(=O)N2CCN2CCOCC2)c1. The molecule has 2 aromatic rings. The molecule has 2 aliphatic heterocycles. The molecule has 1 amide bonds. The molecule has 1 atom stereocenters. The van der Waals surface area contributed by atoms with Gasteiger partial charge in [-0.05, 0) is 17.7 Å². The Morgan fingerprint density at radius 1 is 1.06 bits per heavy atom. The molecule has 162 valence electrons. The van der Waals surface area contributed by atoms with Crippen LogP contribution in [-0.4, -0.2) is 73.1 Å². The number of carbonyl (C=O) groups excluding carboxylic acids is 2. The van der Waals surface area contributed by atoms with Gasteiger partial charge < -0.3 is 19.5 Å². The molecule has 2 heterocycles. The standard InChI is InChI=1S/C24H26N2O5/c1-30-19-9-5-8-18(16-19)21-20(22(27)17-6-3-2-4-7-17)23(28)24(29)26(21)11-10-25-12-14-31-15-13-25/h2-9,16,21,27H,10-15H2,1H3/b22-20+/t21-/m0/s1. The van der Waals surface area contributed by atoms with E-state index in [1.807, 2.05) is 18.2 Å². The van der Waals surface area contributed by atoms with Crippen LogP contribution in [0.25, 0.3) is 5.76 Å². The van der Waals surface area contributed by atoms with Crippen LogP contribution in [0, 0.1) is 0 Å². The van der Waals surface area contributed by atoms with Gasteiger partial charge in [0.1, 0.15) is 11.5 Å². The summed E-state index contributed by atoms with van der Waals surface area (Å²) in [6.45, 7) is 3.90. The molecule has 0 unspecified atom stereocenters. The molecule has 0 saturated carbocycles. The van der Waals surface area contributed by atoms with E-state index in [2.05, 4.69) is 4.90 Å². The molecule has 0 aromatic heterocycles. The number of ether oxygens (including phenoxy) is 2. The minimum atomic E-state index is -0.684. The highest BCUT2D eigenvalue weighted by atomic mass is 16.5. The van der Waals surface area contributed by atoms with Gasteiger partial charge in [-0.3, -0.25) is 14.5 Å². The molecule has 4 rings (SSSR count). The summed E-state index contributed by atoms with van der Waals surface area (Å²) in [7, 11) is 1.57. The van der Waals surface area contributed by atoms with Gasteiger partial charge in [-0.25, -0.2) is 0 Å². The minimum Gasteiger partial charge on any atom is -0.507 e. The lowest BCUT2D eigenvalue weighted by Crippen LogP contribution is -2.42. The van der Waals surface area contributed by atoms with Gasteiger partial charge in [0.15, 0.2) is 0 Å². The summed E-state index contributed by atoms with van der Waals surface area (Å²) in [4.78, 5) is 29.8. The molecule has 1 N–H and O–H groups in total. The molecule has 0 aliphatic carbocycles.